The van der Waals surface area contributed by atoms with Crippen LogP contribution in [-0.2, 0) is 9.59 Å². The lowest BCUT2D eigenvalue weighted by Crippen LogP contribution is -2.51. The van der Waals surface area contributed by atoms with Crippen molar-refractivity contribution in [3.63, 3.8) is 0 Å². The predicted octanol–water partition coefficient (Wildman–Crippen LogP) is 1.82. The summed E-state index contributed by atoms with van der Waals surface area (Å²) in [7, 11) is 0. The average Bonchev–Trinajstić information content (AvgIpc) is 2.57. The van der Waals surface area contributed by atoms with E-state index in [1.165, 1.54) is 4.90 Å². The van der Waals surface area contributed by atoms with Gasteiger partial charge in [0, 0.05) is 17.1 Å². The number of rotatable bonds is 4. The molecule has 0 heterocycles. The molecule has 0 bridgehead atoms. The van der Waals surface area contributed by atoms with Crippen LogP contribution in [0.2, 0.25) is 0 Å². The van der Waals surface area contributed by atoms with Gasteiger partial charge in [0.25, 0.3) is 0 Å². The number of amides is 2. The van der Waals surface area contributed by atoms with Gasteiger partial charge in [0.1, 0.15) is 0 Å². The van der Waals surface area contributed by atoms with Crippen LogP contribution in [0.1, 0.15) is 13.8 Å². The van der Waals surface area contributed by atoms with Gasteiger partial charge in [0.2, 0.25) is 0 Å². The van der Waals surface area contributed by atoms with E-state index in [9.17, 15) is 14.7 Å². The largest absolute Gasteiger partial charge is 0.399 e. The number of anilines is 3. The number of nitrogens with two attached hydrogens (primary N) is 1. The maximum atomic E-state index is 12.7. The summed E-state index contributed by atoms with van der Waals surface area (Å²) in [4.78, 5) is 26.4. The Balaban J connectivity index is 2.37. The van der Waals surface area contributed by atoms with E-state index in [1.54, 1.807) is 62.4 Å². The van der Waals surface area contributed by atoms with E-state index in [4.69, 9.17) is 5.73 Å². The van der Waals surface area contributed by atoms with Gasteiger partial charge in [-0.05, 0) is 50.2 Å². The summed E-state index contributed by atoms with van der Waals surface area (Å²) in [5.41, 5.74) is 6.44. The number of carbonyl (C=O) groups excluding carboxylic acids is 2. The van der Waals surface area contributed by atoms with Gasteiger partial charge in [-0.2, -0.15) is 0 Å². The SMILES string of the molecule is CC(C)(CO)NC(=O)C(=O)N(c1ccccc1)c1ccc(N)cc1. The molecular weight excluding hydrogens is 306 g/mol. The number of para-hydroxylation sites is 1. The molecule has 0 aliphatic heterocycles. The van der Waals surface area contributed by atoms with Crippen molar-refractivity contribution >= 4 is 28.9 Å². The lowest BCUT2D eigenvalue weighted by molar-refractivity contribution is -0.138. The number of nitrogen functional groups attached to an aromatic ring is 1. The number of aliphatic hydroxyl groups excluding tert-OH is 1. The standard InChI is InChI=1S/C18H21N3O3/c1-18(2,12-22)20-16(23)17(24)21(14-6-4-3-5-7-14)15-10-8-13(19)9-11-15/h3-11,22H,12,19H2,1-2H3,(H,20,23). The van der Waals surface area contributed by atoms with Crippen LogP contribution in [-0.4, -0.2) is 29.1 Å². The Morgan fingerprint density at radius 2 is 1.58 bits per heavy atom. The summed E-state index contributed by atoms with van der Waals surface area (Å²) in [5, 5.41) is 11.8. The maximum Gasteiger partial charge on any atom is 0.320 e. The fourth-order valence-electron chi connectivity index (χ4n) is 2.09. The first-order valence-corrected chi connectivity index (χ1v) is 7.52. The Kier molecular flexibility index (Phi) is 5.21. The number of nitrogens with one attached hydrogen (secondary N) is 1. The van der Waals surface area contributed by atoms with E-state index in [2.05, 4.69) is 5.32 Å². The molecule has 2 aromatic carbocycles. The molecule has 6 nitrogen and oxygen atoms in total. The molecule has 4 N–H and O–H groups in total. The number of nitrogens with zero attached hydrogens (tertiary/aromatic N) is 1. The molecule has 6 heteroatoms. The summed E-state index contributed by atoms with van der Waals surface area (Å²) in [6, 6.07) is 15.5. The van der Waals surface area contributed by atoms with E-state index in [0.717, 1.165) is 0 Å². The fraction of sp³-hybridized carbons (Fsp3) is 0.222. The third-order valence-electron chi connectivity index (χ3n) is 3.41. The monoisotopic (exact) mass is 327 g/mol. The second-order valence-electron chi connectivity index (χ2n) is 6.06. The number of carbonyl (C=O) groups is 2. The summed E-state index contributed by atoms with van der Waals surface area (Å²) < 4.78 is 0. The fourth-order valence-corrected chi connectivity index (χ4v) is 2.09. The lowest BCUT2D eigenvalue weighted by Gasteiger charge is -2.27. The molecule has 0 saturated heterocycles. The van der Waals surface area contributed by atoms with Gasteiger partial charge in [-0.1, -0.05) is 18.2 Å². The lowest BCUT2D eigenvalue weighted by atomic mass is 10.1. The molecule has 126 valence electrons. The van der Waals surface area contributed by atoms with Crippen molar-refractivity contribution in [1.29, 1.82) is 0 Å². The molecule has 0 saturated carbocycles. The van der Waals surface area contributed by atoms with Crippen molar-refractivity contribution in [2.75, 3.05) is 17.2 Å². The van der Waals surface area contributed by atoms with E-state index >= 15 is 0 Å². The molecule has 0 fully saturated rings. The highest BCUT2D eigenvalue weighted by atomic mass is 16.3. The summed E-state index contributed by atoms with van der Waals surface area (Å²) in [6.45, 7) is 2.99. The first-order chi connectivity index (χ1) is 11.3. The highest BCUT2D eigenvalue weighted by Gasteiger charge is 2.29. The van der Waals surface area contributed by atoms with Crippen LogP contribution in [0.3, 0.4) is 0 Å². The quantitative estimate of drug-likeness (QED) is 0.589. The number of benzene rings is 2. The van der Waals surface area contributed by atoms with Crippen molar-refractivity contribution in [3.05, 3.63) is 54.6 Å². The third kappa shape index (κ3) is 4.11. The molecule has 2 rings (SSSR count). The van der Waals surface area contributed by atoms with E-state index in [-0.39, 0.29) is 6.61 Å². The van der Waals surface area contributed by atoms with Crippen molar-refractivity contribution in [1.82, 2.24) is 5.32 Å². The van der Waals surface area contributed by atoms with Crippen molar-refractivity contribution in [2.45, 2.75) is 19.4 Å². The summed E-state index contributed by atoms with van der Waals surface area (Å²) >= 11 is 0. The number of aliphatic hydroxyl groups is 1. The van der Waals surface area contributed by atoms with Crippen LogP contribution >= 0.6 is 0 Å². The molecule has 0 spiro atoms. The van der Waals surface area contributed by atoms with Crippen molar-refractivity contribution in [3.8, 4) is 0 Å². The molecule has 2 aromatic rings. The first kappa shape index (κ1) is 17.5. The minimum Gasteiger partial charge on any atom is -0.399 e. The van der Waals surface area contributed by atoms with Crippen LogP contribution < -0.4 is 16.0 Å². The van der Waals surface area contributed by atoms with Crippen molar-refractivity contribution in [2.24, 2.45) is 0 Å². The van der Waals surface area contributed by atoms with Gasteiger partial charge >= 0.3 is 11.8 Å². The molecule has 0 aliphatic carbocycles. The number of hydrogen-bond acceptors (Lipinski definition) is 4. The Labute approximate surface area is 140 Å². The molecule has 2 amide bonds. The molecule has 0 unspecified atom stereocenters. The summed E-state index contributed by atoms with van der Waals surface area (Å²) in [6.07, 6.45) is 0. The van der Waals surface area contributed by atoms with Gasteiger partial charge in [0.05, 0.1) is 12.1 Å². The topological polar surface area (TPSA) is 95.7 Å². The molecule has 0 atom stereocenters. The maximum absolute atomic E-state index is 12.7. The van der Waals surface area contributed by atoms with Crippen LogP contribution in [0, 0.1) is 0 Å². The van der Waals surface area contributed by atoms with Crippen LogP contribution in [0.5, 0.6) is 0 Å². The molecule has 24 heavy (non-hydrogen) atoms. The van der Waals surface area contributed by atoms with E-state index < -0.39 is 17.4 Å². The van der Waals surface area contributed by atoms with Crippen LogP contribution in [0.25, 0.3) is 0 Å². The third-order valence-corrected chi connectivity index (χ3v) is 3.41. The second kappa shape index (κ2) is 7.14. The zero-order valence-electron chi connectivity index (χ0n) is 13.7. The second-order valence-corrected chi connectivity index (χ2v) is 6.06. The Morgan fingerprint density at radius 3 is 2.12 bits per heavy atom. The van der Waals surface area contributed by atoms with Gasteiger partial charge < -0.3 is 16.2 Å². The summed E-state index contributed by atoms with van der Waals surface area (Å²) in [5.74, 6) is -1.54. The predicted molar refractivity (Wildman–Crippen MR) is 93.7 cm³/mol. The Morgan fingerprint density at radius 1 is 1.04 bits per heavy atom. The highest BCUT2D eigenvalue weighted by molar-refractivity contribution is 6.42. The first-order valence-electron chi connectivity index (χ1n) is 7.52. The average molecular weight is 327 g/mol. The van der Waals surface area contributed by atoms with Crippen LogP contribution in [0.4, 0.5) is 17.1 Å². The van der Waals surface area contributed by atoms with E-state index in [0.29, 0.717) is 17.1 Å². The van der Waals surface area contributed by atoms with Crippen molar-refractivity contribution < 1.29 is 14.7 Å². The molecular formula is C18H21N3O3. The van der Waals surface area contributed by atoms with Crippen LogP contribution in [0.15, 0.2) is 54.6 Å². The minimum atomic E-state index is -0.893. The number of hydrogen-bond donors (Lipinski definition) is 3. The molecule has 0 radical (unpaired) electrons. The molecule has 0 aliphatic rings. The normalized spacial score (nSPS) is 11.0. The van der Waals surface area contributed by atoms with Gasteiger partial charge in [-0.15, -0.1) is 0 Å². The zero-order chi connectivity index (χ0) is 17.7. The highest BCUT2D eigenvalue weighted by Crippen LogP contribution is 2.26. The van der Waals surface area contributed by atoms with Gasteiger partial charge in [-0.25, -0.2) is 0 Å². The minimum absolute atomic E-state index is 0.279. The Bertz CT molecular complexity index is 712. The molecule has 0 aromatic heterocycles. The van der Waals surface area contributed by atoms with E-state index in [1.807, 2.05) is 6.07 Å². The zero-order valence-corrected chi connectivity index (χ0v) is 13.7. The Hall–Kier alpha value is -2.86. The van der Waals surface area contributed by atoms with Gasteiger partial charge in [0.15, 0.2) is 0 Å². The van der Waals surface area contributed by atoms with Gasteiger partial charge in [-0.3, -0.25) is 14.5 Å². The smallest absolute Gasteiger partial charge is 0.320 e.